The minimum atomic E-state index is 0.287. The fourth-order valence-electron chi connectivity index (χ4n) is 2.68. The summed E-state index contributed by atoms with van der Waals surface area (Å²) in [5, 5.41) is 4.21. The maximum atomic E-state index is 12.6. The highest BCUT2D eigenvalue weighted by Gasteiger charge is 2.33. The van der Waals surface area contributed by atoms with Gasteiger partial charge < -0.3 is 10.6 Å². The summed E-state index contributed by atoms with van der Waals surface area (Å²) in [6.45, 7) is 5.77. The van der Waals surface area contributed by atoms with Crippen LogP contribution in [0.4, 0.5) is 0 Å². The van der Waals surface area contributed by atoms with E-state index in [0.717, 1.165) is 25.8 Å². The van der Waals surface area contributed by atoms with Gasteiger partial charge in [-0.25, -0.2) is 0 Å². The van der Waals surface area contributed by atoms with E-state index in [4.69, 9.17) is 5.73 Å². The number of nitrogens with zero attached hydrogens (tertiary/aromatic N) is 1. The average Bonchev–Trinajstić information content (AvgIpc) is 3.11. The summed E-state index contributed by atoms with van der Waals surface area (Å²) < 4.78 is 0. The predicted octanol–water partition coefficient (Wildman–Crippen LogP) is 3.25. The third kappa shape index (κ3) is 4.60. The minimum absolute atomic E-state index is 0.287. The Kier molecular flexibility index (Phi) is 5.61. The molecule has 1 aromatic rings. The molecular formula is C16H26N2OS. The number of hydrogen-bond acceptors (Lipinski definition) is 3. The molecule has 2 N–H and O–H groups in total. The van der Waals surface area contributed by atoms with Gasteiger partial charge in [0, 0.05) is 19.0 Å². The summed E-state index contributed by atoms with van der Waals surface area (Å²) in [4.78, 5) is 14.6. The van der Waals surface area contributed by atoms with Gasteiger partial charge in [-0.15, -0.1) is 0 Å². The van der Waals surface area contributed by atoms with Gasteiger partial charge in [-0.1, -0.05) is 13.8 Å². The van der Waals surface area contributed by atoms with Crippen molar-refractivity contribution in [2.45, 2.75) is 52.1 Å². The van der Waals surface area contributed by atoms with Gasteiger partial charge in [0.05, 0.1) is 0 Å². The van der Waals surface area contributed by atoms with Crippen molar-refractivity contribution in [1.82, 2.24) is 4.90 Å². The Morgan fingerprint density at radius 1 is 1.50 bits per heavy atom. The van der Waals surface area contributed by atoms with Crippen LogP contribution < -0.4 is 5.73 Å². The van der Waals surface area contributed by atoms with Gasteiger partial charge in [-0.2, -0.15) is 11.3 Å². The summed E-state index contributed by atoms with van der Waals surface area (Å²) in [6, 6.07) is 2.59. The number of rotatable bonds is 8. The molecule has 1 aromatic heterocycles. The van der Waals surface area contributed by atoms with Crippen LogP contribution >= 0.6 is 11.3 Å². The van der Waals surface area contributed by atoms with E-state index in [2.05, 4.69) is 35.6 Å². The van der Waals surface area contributed by atoms with E-state index in [-0.39, 0.29) is 5.91 Å². The summed E-state index contributed by atoms with van der Waals surface area (Å²) in [6.07, 6.45) is 3.97. The third-order valence-electron chi connectivity index (χ3n) is 3.84. The molecule has 0 aliphatic heterocycles. The number of nitrogens with two attached hydrogens (primary N) is 1. The van der Waals surface area contributed by atoms with Crippen molar-refractivity contribution in [3.8, 4) is 0 Å². The van der Waals surface area contributed by atoms with Crippen LogP contribution in [-0.4, -0.2) is 23.4 Å². The van der Waals surface area contributed by atoms with Crippen LogP contribution in [0.5, 0.6) is 0 Å². The molecule has 1 aliphatic carbocycles. The molecule has 1 saturated carbocycles. The maximum absolute atomic E-state index is 12.6. The zero-order valence-electron chi connectivity index (χ0n) is 12.5. The van der Waals surface area contributed by atoms with Gasteiger partial charge in [-0.3, -0.25) is 4.79 Å². The second-order valence-electron chi connectivity index (χ2n) is 6.32. The van der Waals surface area contributed by atoms with Gasteiger partial charge in [0.1, 0.15) is 0 Å². The second-order valence-corrected chi connectivity index (χ2v) is 7.10. The fourth-order valence-corrected chi connectivity index (χ4v) is 3.34. The molecular weight excluding hydrogens is 268 g/mol. The molecule has 0 aromatic carbocycles. The minimum Gasteiger partial charge on any atom is -0.335 e. The van der Waals surface area contributed by atoms with E-state index in [1.807, 2.05) is 0 Å². The lowest BCUT2D eigenvalue weighted by Crippen LogP contribution is -2.35. The Balaban J connectivity index is 1.92. The van der Waals surface area contributed by atoms with Crippen molar-refractivity contribution >= 4 is 17.2 Å². The molecule has 0 unspecified atom stereocenters. The number of carbonyl (C=O) groups is 1. The Hall–Kier alpha value is -0.870. The number of thiophene rings is 1. The molecule has 2 rings (SSSR count). The Labute approximate surface area is 126 Å². The first-order chi connectivity index (χ1) is 9.60. The van der Waals surface area contributed by atoms with Gasteiger partial charge in [0.15, 0.2) is 0 Å². The third-order valence-corrected chi connectivity index (χ3v) is 4.57. The molecule has 1 aliphatic rings. The molecule has 112 valence electrons. The molecule has 1 fully saturated rings. The highest BCUT2D eigenvalue weighted by molar-refractivity contribution is 7.07. The summed E-state index contributed by atoms with van der Waals surface area (Å²) >= 11 is 1.69. The Morgan fingerprint density at radius 2 is 2.25 bits per heavy atom. The highest BCUT2D eigenvalue weighted by Crippen LogP contribution is 2.30. The van der Waals surface area contributed by atoms with E-state index >= 15 is 0 Å². The first-order valence-electron chi connectivity index (χ1n) is 7.60. The van der Waals surface area contributed by atoms with Crippen molar-refractivity contribution in [1.29, 1.82) is 0 Å². The first kappa shape index (κ1) is 15.5. The number of hydrogen-bond donors (Lipinski definition) is 1. The van der Waals surface area contributed by atoms with Crippen molar-refractivity contribution in [2.75, 3.05) is 6.54 Å². The molecule has 1 amide bonds. The van der Waals surface area contributed by atoms with Crippen LogP contribution in [0.25, 0.3) is 0 Å². The number of carbonyl (C=O) groups excluding carboxylic acids is 1. The summed E-state index contributed by atoms with van der Waals surface area (Å²) in [7, 11) is 0. The van der Waals surface area contributed by atoms with Gasteiger partial charge in [0.25, 0.3) is 0 Å². The lowest BCUT2D eigenvalue weighted by atomic mass is 9.93. The fraction of sp³-hybridized carbons (Fsp3) is 0.688. The molecule has 0 saturated heterocycles. The van der Waals surface area contributed by atoms with Crippen molar-refractivity contribution in [2.24, 2.45) is 17.6 Å². The maximum Gasteiger partial charge on any atom is 0.223 e. The molecule has 1 atom stereocenters. The van der Waals surface area contributed by atoms with Crippen molar-refractivity contribution in [3.63, 3.8) is 0 Å². The number of amides is 1. The van der Waals surface area contributed by atoms with Crippen LogP contribution in [0.3, 0.4) is 0 Å². The average molecular weight is 294 g/mol. The second kappa shape index (κ2) is 7.23. The van der Waals surface area contributed by atoms with Crippen LogP contribution in [0.1, 0.15) is 45.1 Å². The SMILES string of the molecule is CC(C)C[C@H](CN)CC(=O)N(Cc1ccsc1)C1CC1. The molecule has 20 heavy (non-hydrogen) atoms. The molecule has 0 spiro atoms. The van der Waals surface area contributed by atoms with E-state index in [9.17, 15) is 4.79 Å². The van der Waals surface area contributed by atoms with Crippen LogP contribution in [0, 0.1) is 11.8 Å². The normalized spacial score (nSPS) is 16.4. The van der Waals surface area contributed by atoms with E-state index < -0.39 is 0 Å². The Bertz CT molecular complexity index is 412. The zero-order valence-corrected chi connectivity index (χ0v) is 13.4. The monoisotopic (exact) mass is 294 g/mol. The first-order valence-corrected chi connectivity index (χ1v) is 8.55. The highest BCUT2D eigenvalue weighted by atomic mass is 32.1. The lowest BCUT2D eigenvalue weighted by molar-refractivity contribution is -0.133. The van der Waals surface area contributed by atoms with E-state index in [0.29, 0.717) is 30.8 Å². The Morgan fingerprint density at radius 3 is 2.75 bits per heavy atom. The molecule has 0 radical (unpaired) electrons. The zero-order chi connectivity index (χ0) is 14.5. The van der Waals surface area contributed by atoms with Crippen molar-refractivity contribution < 1.29 is 4.79 Å². The predicted molar refractivity (Wildman–Crippen MR) is 84.5 cm³/mol. The molecule has 1 heterocycles. The largest absolute Gasteiger partial charge is 0.335 e. The van der Waals surface area contributed by atoms with Crippen molar-refractivity contribution in [3.05, 3.63) is 22.4 Å². The summed E-state index contributed by atoms with van der Waals surface area (Å²) in [5.74, 6) is 1.21. The van der Waals surface area contributed by atoms with Crippen LogP contribution in [-0.2, 0) is 11.3 Å². The van der Waals surface area contributed by atoms with Gasteiger partial charge in [-0.05, 0) is 60.0 Å². The van der Waals surface area contributed by atoms with E-state index in [1.54, 1.807) is 11.3 Å². The summed E-state index contributed by atoms with van der Waals surface area (Å²) in [5.41, 5.74) is 7.08. The van der Waals surface area contributed by atoms with Crippen LogP contribution in [0.2, 0.25) is 0 Å². The topological polar surface area (TPSA) is 46.3 Å². The van der Waals surface area contributed by atoms with E-state index in [1.165, 1.54) is 5.56 Å². The molecule has 0 bridgehead atoms. The van der Waals surface area contributed by atoms with Gasteiger partial charge >= 0.3 is 0 Å². The molecule has 4 heteroatoms. The molecule has 3 nitrogen and oxygen atoms in total. The quantitative estimate of drug-likeness (QED) is 0.800. The lowest BCUT2D eigenvalue weighted by Gasteiger charge is -2.25. The standard InChI is InChI=1S/C16H26N2OS/c1-12(2)7-14(9-17)8-16(19)18(15-3-4-15)10-13-5-6-20-11-13/h5-6,11-12,14-15H,3-4,7-10,17H2,1-2H3/t14-/m0/s1. The van der Waals surface area contributed by atoms with Gasteiger partial charge in [0.2, 0.25) is 5.91 Å². The smallest absolute Gasteiger partial charge is 0.223 e. The van der Waals surface area contributed by atoms with Crippen LogP contribution in [0.15, 0.2) is 16.8 Å².